The van der Waals surface area contributed by atoms with Crippen LogP contribution in [0.25, 0.3) is 0 Å². The number of ketones is 1. The van der Waals surface area contributed by atoms with Crippen molar-refractivity contribution < 1.29 is 4.79 Å². The van der Waals surface area contributed by atoms with E-state index >= 15 is 0 Å². The van der Waals surface area contributed by atoms with Crippen molar-refractivity contribution in [3.05, 3.63) is 46.2 Å². The Labute approximate surface area is 119 Å². The van der Waals surface area contributed by atoms with E-state index in [9.17, 15) is 4.79 Å². The molecule has 19 heavy (non-hydrogen) atoms. The van der Waals surface area contributed by atoms with Crippen molar-refractivity contribution >= 4 is 21.7 Å². The normalized spacial score (nSPS) is 16.9. The van der Waals surface area contributed by atoms with Crippen molar-refractivity contribution in [2.75, 3.05) is 0 Å². The maximum absolute atomic E-state index is 12.9. The van der Waals surface area contributed by atoms with Gasteiger partial charge in [0.15, 0.2) is 10.4 Å². The number of rotatable bonds is 3. The Morgan fingerprint density at radius 1 is 1.32 bits per heavy atom. The van der Waals surface area contributed by atoms with E-state index in [1.165, 1.54) is 0 Å². The minimum Gasteiger partial charge on any atom is -0.291 e. The highest BCUT2D eigenvalue weighted by atomic mass is 79.9. The summed E-state index contributed by atoms with van der Waals surface area (Å²) in [4.78, 5) is 12.9. The van der Waals surface area contributed by atoms with E-state index in [0.29, 0.717) is 10.3 Å². The molecule has 3 rings (SSSR count). The molecule has 0 spiro atoms. The molecule has 1 aliphatic carbocycles. The van der Waals surface area contributed by atoms with Gasteiger partial charge in [-0.05, 0) is 34.3 Å². The Hall–Kier alpha value is -1.49. The minimum absolute atomic E-state index is 0.115. The first-order valence-electron chi connectivity index (χ1n) is 6.31. The SMILES string of the molecule is Cn1nnc(Br)c1C(=O)C1(c2ccccc2)CCC1. The Morgan fingerprint density at radius 2 is 2.00 bits per heavy atom. The van der Waals surface area contributed by atoms with Gasteiger partial charge in [-0.15, -0.1) is 5.10 Å². The van der Waals surface area contributed by atoms with E-state index in [0.717, 1.165) is 24.8 Å². The van der Waals surface area contributed by atoms with Crippen molar-refractivity contribution in [2.45, 2.75) is 24.7 Å². The van der Waals surface area contributed by atoms with Crippen LogP contribution in [0.1, 0.15) is 35.3 Å². The van der Waals surface area contributed by atoms with E-state index < -0.39 is 0 Å². The fourth-order valence-electron chi connectivity index (χ4n) is 2.73. The molecule has 1 aliphatic rings. The van der Waals surface area contributed by atoms with Crippen LogP contribution in [0.15, 0.2) is 34.9 Å². The van der Waals surface area contributed by atoms with Crippen molar-refractivity contribution in [2.24, 2.45) is 7.05 Å². The number of aryl methyl sites for hydroxylation is 1. The molecule has 2 aromatic rings. The maximum atomic E-state index is 12.9. The van der Waals surface area contributed by atoms with Gasteiger partial charge in [-0.25, -0.2) is 4.68 Å². The third kappa shape index (κ3) is 1.84. The van der Waals surface area contributed by atoms with Gasteiger partial charge in [-0.1, -0.05) is 42.0 Å². The van der Waals surface area contributed by atoms with Crippen molar-refractivity contribution in [1.29, 1.82) is 0 Å². The van der Waals surface area contributed by atoms with Gasteiger partial charge in [0.25, 0.3) is 0 Å². The van der Waals surface area contributed by atoms with E-state index in [-0.39, 0.29) is 11.2 Å². The van der Waals surface area contributed by atoms with Crippen LogP contribution in [0.3, 0.4) is 0 Å². The molecule has 0 bridgehead atoms. The number of benzene rings is 1. The van der Waals surface area contributed by atoms with Gasteiger partial charge in [0.1, 0.15) is 5.69 Å². The molecular formula is C14H14BrN3O. The molecule has 1 aromatic carbocycles. The average molecular weight is 320 g/mol. The monoisotopic (exact) mass is 319 g/mol. The zero-order chi connectivity index (χ0) is 13.5. The Morgan fingerprint density at radius 3 is 2.47 bits per heavy atom. The second-order valence-corrected chi connectivity index (χ2v) is 5.73. The zero-order valence-corrected chi connectivity index (χ0v) is 12.2. The van der Waals surface area contributed by atoms with E-state index in [4.69, 9.17) is 0 Å². The van der Waals surface area contributed by atoms with E-state index in [2.05, 4.69) is 26.2 Å². The maximum Gasteiger partial charge on any atom is 0.194 e. The highest BCUT2D eigenvalue weighted by Gasteiger charge is 2.47. The first-order chi connectivity index (χ1) is 9.15. The molecule has 98 valence electrons. The van der Waals surface area contributed by atoms with Gasteiger partial charge in [-0.2, -0.15) is 0 Å². The average Bonchev–Trinajstić information content (AvgIpc) is 2.69. The van der Waals surface area contributed by atoms with Gasteiger partial charge in [0.05, 0.1) is 5.41 Å². The standard InChI is InChI=1S/C14H14BrN3O/c1-18-11(13(15)16-17-18)12(19)14(8-5-9-14)10-6-3-2-4-7-10/h2-4,6-7H,5,8-9H2,1H3. The van der Waals surface area contributed by atoms with Gasteiger partial charge in [0.2, 0.25) is 0 Å². The van der Waals surface area contributed by atoms with E-state index in [1.807, 2.05) is 30.3 Å². The molecule has 0 saturated heterocycles. The minimum atomic E-state index is -0.390. The lowest BCUT2D eigenvalue weighted by molar-refractivity contribution is 0.0777. The molecule has 0 aliphatic heterocycles. The lowest BCUT2D eigenvalue weighted by atomic mass is 9.61. The summed E-state index contributed by atoms with van der Waals surface area (Å²) in [5.41, 5.74) is 1.27. The lowest BCUT2D eigenvalue weighted by Crippen LogP contribution is -2.43. The molecule has 1 saturated carbocycles. The predicted molar refractivity (Wildman–Crippen MR) is 75.0 cm³/mol. The Balaban J connectivity index is 2.07. The molecule has 1 aromatic heterocycles. The first-order valence-corrected chi connectivity index (χ1v) is 7.10. The molecule has 1 fully saturated rings. The molecule has 4 nitrogen and oxygen atoms in total. The van der Waals surface area contributed by atoms with Crippen LogP contribution in [-0.2, 0) is 12.5 Å². The van der Waals surface area contributed by atoms with Gasteiger partial charge < -0.3 is 0 Å². The number of nitrogens with zero attached hydrogens (tertiary/aromatic N) is 3. The summed E-state index contributed by atoms with van der Waals surface area (Å²) in [5, 5.41) is 7.81. The fraction of sp³-hybridized carbons (Fsp3) is 0.357. The lowest BCUT2D eigenvalue weighted by Gasteiger charge is -2.40. The number of Topliss-reactive ketones (excluding diaryl/α,β-unsaturated/α-hetero) is 1. The van der Waals surface area contributed by atoms with Gasteiger partial charge in [0, 0.05) is 7.05 Å². The summed E-state index contributed by atoms with van der Waals surface area (Å²) >= 11 is 3.32. The molecule has 0 amide bonds. The Bertz CT molecular complexity index is 597. The second-order valence-electron chi connectivity index (χ2n) is 4.98. The van der Waals surface area contributed by atoms with Crippen LogP contribution in [0, 0.1) is 0 Å². The van der Waals surface area contributed by atoms with Crippen LogP contribution in [0.4, 0.5) is 0 Å². The fourth-order valence-corrected chi connectivity index (χ4v) is 3.24. The molecule has 5 heteroatoms. The third-order valence-electron chi connectivity index (χ3n) is 3.97. The summed E-state index contributed by atoms with van der Waals surface area (Å²) in [6, 6.07) is 10.0. The number of carbonyl (C=O) groups excluding carboxylic acids is 1. The largest absolute Gasteiger partial charge is 0.291 e. The number of halogens is 1. The summed E-state index contributed by atoms with van der Waals surface area (Å²) in [6.45, 7) is 0. The highest BCUT2D eigenvalue weighted by molar-refractivity contribution is 9.10. The summed E-state index contributed by atoms with van der Waals surface area (Å²) in [7, 11) is 1.75. The smallest absolute Gasteiger partial charge is 0.194 e. The second kappa shape index (κ2) is 4.56. The topological polar surface area (TPSA) is 47.8 Å². The van der Waals surface area contributed by atoms with Crippen molar-refractivity contribution in [3.8, 4) is 0 Å². The summed E-state index contributed by atoms with van der Waals surface area (Å²) in [5.74, 6) is 0.115. The van der Waals surface area contributed by atoms with Crippen LogP contribution < -0.4 is 0 Å². The van der Waals surface area contributed by atoms with Crippen molar-refractivity contribution in [1.82, 2.24) is 15.0 Å². The zero-order valence-electron chi connectivity index (χ0n) is 10.6. The van der Waals surface area contributed by atoms with E-state index in [1.54, 1.807) is 11.7 Å². The molecule has 0 atom stereocenters. The van der Waals surface area contributed by atoms with Crippen molar-refractivity contribution in [3.63, 3.8) is 0 Å². The molecule has 0 radical (unpaired) electrons. The Kier molecular flexibility index (Phi) is 3.01. The number of hydrogen-bond acceptors (Lipinski definition) is 3. The van der Waals surface area contributed by atoms with Crippen LogP contribution >= 0.6 is 15.9 Å². The number of carbonyl (C=O) groups is 1. The summed E-state index contributed by atoms with van der Waals surface area (Å²) in [6.07, 6.45) is 2.88. The molecular weight excluding hydrogens is 306 g/mol. The number of aromatic nitrogens is 3. The van der Waals surface area contributed by atoms with Crippen LogP contribution in [0.2, 0.25) is 0 Å². The number of hydrogen-bond donors (Lipinski definition) is 0. The highest BCUT2D eigenvalue weighted by Crippen LogP contribution is 2.46. The van der Waals surface area contributed by atoms with Crippen LogP contribution in [-0.4, -0.2) is 20.8 Å². The molecule has 0 unspecified atom stereocenters. The van der Waals surface area contributed by atoms with Gasteiger partial charge in [-0.3, -0.25) is 4.79 Å². The predicted octanol–water partition coefficient (Wildman–Crippen LogP) is 2.88. The van der Waals surface area contributed by atoms with Gasteiger partial charge >= 0.3 is 0 Å². The third-order valence-corrected chi connectivity index (χ3v) is 4.50. The quantitative estimate of drug-likeness (QED) is 0.817. The first kappa shape index (κ1) is 12.5. The van der Waals surface area contributed by atoms with Crippen LogP contribution in [0.5, 0.6) is 0 Å². The molecule has 1 heterocycles. The molecule has 0 N–H and O–H groups in total. The summed E-state index contributed by atoms with van der Waals surface area (Å²) < 4.78 is 2.08.